The van der Waals surface area contributed by atoms with Crippen LogP contribution in [0, 0.1) is 0 Å². The molecule has 1 fully saturated rings. The Morgan fingerprint density at radius 3 is 2.86 bits per heavy atom. The van der Waals surface area contributed by atoms with Gasteiger partial charge in [0, 0.05) is 25.3 Å². The minimum Gasteiger partial charge on any atom is -0.445 e. The Morgan fingerprint density at radius 2 is 2.14 bits per heavy atom. The van der Waals surface area contributed by atoms with E-state index in [0.29, 0.717) is 25.3 Å². The SMILES string of the molecule is O=C1CCN(C(=O)OCc2ccccc2)[C@@H](/C=C/CCCl)C1. The molecule has 4 nitrogen and oxygen atoms in total. The molecule has 0 aliphatic carbocycles. The maximum absolute atomic E-state index is 12.3. The van der Waals surface area contributed by atoms with Crippen molar-refractivity contribution in [3.05, 3.63) is 48.0 Å². The average molecular weight is 322 g/mol. The first-order chi connectivity index (χ1) is 10.7. The molecule has 0 bridgehead atoms. The molecule has 0 aromatic heterocycles. The molecule has 0 radical (unpaired) electrons. The Morgan fingerprint density at radius 1 is 1.36 bits per heavy atom. The van der Waals surface area contributed by atoms with Crippen LogP contribution in [0.25, 0.3) is 0 Å². The molecular formula is C17H20ClNO3. The molecule has 22 heavy (non-hydrogen) atoms. The van der Waals surface area contributed by atoms with Crippen LogP contribution in [0.5, 0.6) is 0 Å². The molecule has 1 aliphatic rings. The lowest BCUT2D eigenvalue weighted by Gasteiger charge is -2.32. The van der Waals surface area contributed by atoms with Gasteiger partial charge in [0.25, 0.3) is 0 Å². The number of halogens is 1. The molecular weight excluding hydrogens is 302 g/mol. The summed E-state index contributed by atoms with van der Waals surface area (Å²) in [4.78, 5) is 25.5. The standard InChI is InChI=1S/C17H20ClNO3/c18-10-5-4-8-15-12-16(20)9-11-19(15)17(21)22-13-14-6-2-1-3-7-14/h1-4,6-8,15H,5,9-13H2/b8-4+/t15-/m0/s1. The Balaban J connectivity index is 1.94. The van der Waals surface area contributed by atoms with Crippen molar-refractivity contribution in [2.24, 2.45) is 0 Å². The van der Waals surface area contributed by atoms with E-state index in [9.17, 15) is 9.59 Å². The van der Waals surface area contributed by atoms with Gasteiger partial charge in [-0.15, -0.1) is 11.6 Å². The van der Waals surface area contributed by atoms with E-state index in [1.807, 2.05) is 42.5 Å². The number of hydrogen-bond acceptors (Lipinski definition) is 3. The van der Waals surface area contributed by atoms with E-state index in [1.165, 1.54) is 0 Å². The van der Waals surface area contributed by atoms with Gasteiger partial charge in [0.2, 0.25) is 0 Å². The minimum absolute atomic E-state index is 0.174. The molecule has 1 amide bonds. The summed E-state index contributed by atoms with van der Waals surface area (Å²) in [6, 6.07) is 9.31. The fourth-order valence-electron chi connectivity index (χ4n) is 2.37. The molecule has 0 unspecified atom stereocenters. The first kappa shape index (κ1) is 16.6. The number of hydrogen-bond donors (Lipinski definition) is 0. The van der Waals surface area contributed by atoms with Crippen LogP contribution >= 0.6 is 11.6 Å². The molecule has 1 aromatic carbocycles. The lowest BCUT2D eigenvalue weighted by Crippen LogP contribution is -2.45. The van der Waals surface area contributed by atoms with Crippen molar-refractivity contribution in [2.75, 3.05) is 12.4 Å². The van der Waals surface area contributed by atoms with E-state index in [2.05, 4.69) is 0 Å². The van der Waals surface area contributed by atoms with Crippen molar-refractivity contribution >= 4 is 23.5 Å². The highest BCUT2D eigenvalue weighted by atomic mass is 35.5. The average Bonchev–Trinajstić information content (AvgIpc) is 2.54. The predicted molar refractivity (Wildman–Crippen MR) is 85.8 cm³/mol. The number of allylic oxidation sites excluding steroid dienone is 1. The largest absolute Gasteiger partial charge is 0.445 e. The summed E-state index contributed by atoms with van der Waals surface area (Å²) in [5, 5.41) is 0. The van der Waals surface area contributed by atoms with Crippen molar-refractivity contribution in [2.45, 2.75) is 31.9 Å². The van der Waals surface area contributed by atoms with Crippen molar-refractivity contribution < 1.29 is 14.3 Å². The number of alkyl halides is 1. The Labute approximate surface area is 135 Å². The van der Waals surface area contributed by atoms with Gasteiger partial charge in [-0.3, -0.25) is 4.79 Å². The van der Waals surface area contributed by atoms with Crippen LogP contribution < -0.4 is 0 Å². The summed E-state index contributed by atoms with van der Waals surface area (Å²) in [5.74, 6) is 0.697. The van der Waals surface area contributed by atoms with Crippen molar-refractivity contribution in [3.8, 4) is 0 Å². The van der Waals surface area contributed by atoms with Crippen molar-refractivity contribution in [3.63, 3.8) is 0 Å². The van der Waals surface area contributed by atoms with Gasteiger partial charge in [-0.2, -0.15) is 0 Å². The summed E-state index contributed by atoms with van der Waals surface area (Å²) >= 11 is 5.64. The lowest BCUT2D eigenvalue weighted by molar-refractivity contribution is -0.122. The third-order valence-corrected chi connectivity index (χ3v) is 3.76. The summed E-state index contributed by atoms with van der Waals surface area (Å²) in [6.45, 7) is 0.643. The number of benzene rings is 1. The number of carbonyl (C=O) groups is 2. The molecule has 1 atom stereocenters. The molecule has 0 saturated carbocycles. The van der Waals surface area contributed by atoms with Gasteiger partial charge in [-0.25, -0.2) is 4.79 Å². The van der Waals surface area contributed by atoms with Gasteiger partial charge in [-0.1, -0.05) is 42.5 Å². The molecule has 0 spiro atoms. The van der Waals surface area contributed by atoms with E-state index in [4.69, 9.17) is 16.3 Å². The number of ketones is 1. The van der Waals surface area contributed by atoms with Gasteiger partial charge in [0.05, 0.1) is 6.04 Å². The van der Waals surface area contributed by atoms with E-state index < -0.39 is 0 Å². The van der Waals surface area contributed by atoms with Gasteiger partial charge in [0.15, 0.2) is 0 Å². The fourth-order valence-corrected chi connectivity index (χ4v) is 2.50. The zero-order valence-electron chi connectivity index (χ0n) is 12.4. The molecule has 1 aliphatic heterocycles. The van der Waals surface area contributed by atoms with Crippen LogP contribution in [0.1, 0.15) is 24.8 Å². The smallest absolute Gasteiger partial charge is 0.410 e. The highest BCUT2D eigenvalue weighted by Gasteiger charge is 2.29. The number of rotatable bonds is 5. The number of amides is 1. The summed E-state index contributed by atoms with van der Waals surface area (Å²) in [5.41, 5.74) is 0.943. The maximum atomic E-state index is 12.3. The Hall–Kier alpha value is -1.81. The first-order valence-electron chi connectivity index (χ1n) is 7.42. The van der Waals surface area contributed by atoms with Crippen molar-refractivity contribution in [1.29, 1.82) is 0 Å². The second kappa shape index (κ2) is 8.59. The van der Waals surface area contributed by atoms with Crippen LogP contribution in [0.15, 0.2) is 42.5 Å². The van der Waals surface area contributed by atoms with Crippen molar-refractivity contribution in [1.82, 2.24) is 4.90 Å². The second-order valence-electron chi connectivity index (χ2n) is 5.20. The highest BCUT2D eigenvalue weighted by Crippen LogP contribution is 2.18. The summed E-state index contributed by atoms with van der Waals surface area (Å²) in [6.07, 6.45) is 4.87. The number of carbonyl (C=O) groups excluding carboxylic acids is 2. The fraction of sp³-hybridized carbons (Fsp3) is 0.412. The third-order valence-electron chi connectivity index (χ3n) is 3.54. The Kier molecular flexibility index (Phi) is 6.46. The first-order valence-corrected chi connectivity index (χ1v) is 7.96. The number of piperidine rings is 1. The molecule has 1 aromatic rings. The monoisotopic (exact) mass is 321 g/mol. The number of likely N-dealkylation sites (tertiary alicyclic amines) is 1. The van der Waals surface area contributed by atoms with Gasteiger partial charge in [-0.05, 0) is 12.0 Å². The molecule has 0 N–H and O–H groups in total. The van der Waals surface area contributed by atoms with Gasteiger partial charge < -0.3 is 9.64 Å². The summed E-state index contributed by atoms with van der Waals surface area (Å²) in [7, 11) is 0. The van der Waals surface area contributed by atoms with E-state index in [1.54, 1.807) is 4.90 Å². The topological polar surface area (TPSA) is 46.6 Å². The van der Waals surface area contributed by atoms with E-state index in [0.717, 1.165) is 12.0 Å². The van der Waals surface area contributed by atoms with Crippen LogP contribution in [-0.2, 0) is 16.1 Å². The number of ether oxygens (including phenoxy) is 1. The van der Waals surface area contributed by atoms with Crippen LogP contribution in [-0.4, -0.2) is 35.2 Å². The van der Waals surface area contributed by atoms with E-state index in [-0.39, 0.29) is 24.5 Å². The molecule has 1 saturated heterocycles. The second-order valence-corrected chi connectivity index (χ2v) is 5.58. The Bertz CT molecular complexity index is 530. The van der Waals surface area contributed by atoms with Crippen LogP contribution in [0.4, 0.5) is 4.79 Å². The minimum atomic E-state index is -0.378. The zero-order valence-corrected chi connectivity index (χ0v) is 13.2. The number of Topliss-reactive ketones (excluding diaryl/α,β-unsaturated/α-hetero) is 1. The highest BCUT2D eigenvalue weighted by molar-refractivity contribution is 6.17. The summed E-state index contributed by atoms with van der Waals surface area (Å²) < 4.78 is 5.36. The molecule has 5 heteroatoms. The lowest BCUT2D eigenvalue weighted by atomic mass is 10.0. The van der Waals surface area contributed by atoms with Crippen LogP contribution in [0.3, 0.4) is 0 Å². The van der Waals surface area contributed by atoms with Gasteiger partial charge in [0.1, 0.15) is 12.4 Å². The molecule has 2 rings (SSSR count). The quantitative estimate of drug-likeness (QED) is 0.615. The zero-order chi connectivity index (χ0) is 15.8. The normalized spacial score (nSPS) is 18.7. The van der Waals surface area contributed by atoms with Crippen LogP contribution in [0.2, 0.25) is 0 Å². The molecule has 1 heterocycles. The van der Waals surface area contributed by atoms with E-state index >= 15 is 0 Å². The number of nitrogens with zero attached hydrogens (tertiary/aromatic N) is 1. The van der Waals surface area contributed by atoms with Gasteiger partial charge >= 0.3 is 6.09 Å². The molecule has 118 valence electrons. The third kappa shape index (κ3) is 4.88. The predicted octanol–water partition coefficient (Wildman–Crippen LogP) is 3.54. The maximum Gasteiger partial charge on any atom is 0.410 e.